The van der Waals surface area contributed by atoms with Gasteiger partial charge in [-0.25, -0.2) is 4.79 Å². The first-order valence-corrected chi connectivity index (χ1v) is 3.69. The summed E-state index contributed by atoms with van der Waals surface area (Å²) >= 11 is 0. The summed E-state index contributed by atoms with van der Waals surface area (Å²) in [6.07, 6.45) is -0.711. The molecule has 0 aromatic carbocycles. The first-order valence-electron chi connectivity index (χ1n) is 2.36. The van der Waals surface area contributed by atoms with Crippen LogP contribution < -0.4 is 64.8 Å². The Morgan fingerprint density at radius 1 is 1.38 bits per heavy atom. The number of hydrogen-bond acceptors (Lipinski definition) is 6. The zero-order valence-corrected chi connectivity index (χ0v) is 12.5. The largest absolute Gasteiger partial charge is 1.00 e. The SMILES string of the molecule is CCOC(N)=O.O=S(=O)([O-])[O-].[Na+].[Na+]. The van der Waals surface area contributed by atoms with Crippen molar-refractivity contribution in [2.24, 2.45) is 5.73 Å². The van der Waals surface area contributed by atoms with Gasteiger partial charge in [0, 0.05) is 10.4 Å². The number of carbonyl (C=O) groups is 1. The molecule has 0 atom stereocenters. The van der Waals surface area contributed by atoms with Crippen LogP contribution in [-0.4, -0.2) is 30.2 Å². The summed E-state index contributed by atoms with van der Waals surface area (Å²) in [4.78, 5) is 9.60. The fourth-order valence-corrected chi connectivity index (χ4v) is 0.142. The maximum absolute atomic E-state index is 9.60. The number of carbonyl (C=O) groups excluding carboxylic acids is 1. The third-order valence-electron chi connectivity index (χ3n) is 0.287. The van der Waals surface area contributed by atoms with E-state index in [4.69, 9.17) is 17.5 Å². The Morgan fingerprint density at radius 3 is 1.62 bits per heavy atom. The molecule has 0 saturated heterocycles. The van der Waals surface area contributed by atoms with Gasteiger partial charge >= 0.3 is 65.2 Å². The van der Waals surface area contributed by atoms with Crippen LogP contribution in [-0.2, 0) is 15.1 Å². The van der Waals surface area contributed by atoms with Crippen LogP contribution in [0, 0.1) is 0 Å². The molecule has 13 heavy (non-hydrogen) atoms. The molecule has 68 valence electrons. The van der Waals surface area contributed by atoms with Gasteiger partial charge in [-0.3, -0.25) is 8.42 Å². The van der Waals surface area contributed by atoms with Crippen LogP contribution in [0.4, 0.5) is 4.79 Å². The smallest absolute Gasteiger partial charge is 0.759 e. The van der Waals surface area contributed by atoms with Crippen molar-refractivity contribution in [1.29, 1.82) is 0 Å². The van der Waals surface area contributed by atoms with E-state index in [0.29, 0.717) is 6.61 Å². The molecule has 0 spiro atoms. The number of rotatable bonds is 1. The summed E-state index contributed by atoms with van der Waals surface area (Å²) < 4.78 is 38.3. The molecule has 0 radical (unpaired) electrons. The molecule has 0 unspecified atom stereocenters. The van der Waals surface area contributed by atoms with E-state index in [1.54, 1.807) is 6.92 Å². The molecule has 0 aliphatic carbocycles. The number of amides is 1. The fraction of sp³-hybridized carbons (Fsp3) is 0.667. The molecule has 1 amide bonds. The first kappa shape index (κ1) is 23.7. The molecule has 0 fully saturated rings. The number of nitrogens with two attached hydrogens (primary N) is 1. The molecule has 0 aromatic rings. The predicted octanol–water partition coefficient (Wildman–Crippen LogP) is -7.23. The normalized spacial score (nSPS) is 7.92. The molecular formula is C3H7NNa2O6S. The third-order valence-corrected chi connectivity index (χ3v) is 0.287. The van der Waals surface area contributed by atoms with E-state index in [-0.39, 0.29) is 59.1 Å². The van der Waals surface area contributed by atoms with Crippen LogP contribution in [0.3, 0.4) is 0 Å². The van der Waals surface area contributed by atoms with Crippen LogP contribution in [0.15, 0.2) is 0 Å². The summed E-state index contributed by atoms with van der Waals surface area (Å²) in [6.45, 7) is 2.06. The summed E-state index contributed by atoms with van der Waals surface area (Å²) in [5.74, 6) is 0. The second-order valence-electron chi connectivity index (χ2n) is 1.16. The Balaban J connectivity index is -0.0000000546. The molecule has 10 heteroatoms. The van der Waals surface area contributed by atoms with Gasteiger partial charge in [0.15, 0.2) is 0 Å². The summed E-state index contributed by atoms with van der Waals surface area (Å²) in [7, 11) is -5.17. The predicted molar refractivity (Wildman–Crippen MR) is 31.7 cm³/mol. The summed E-state index contributed by atoms with van der Waals surface area (Å²) in [5, 5.41) is 0. The quantitative estimate of drug-likeness (QED) is 0.271. The number of primary amides is 1. The molecule has 0 bridgehead atoms. The monoisotopic (exact) mass is 231 g/mol. The van der Waals surface area contributed by atoms with Crippen molar-refractivity contribution in [2.45, 2.75) is 6.92 Å². The zero-order chi connectivity index (χ0) is 9.49. The molecule has 0 heterocycles. The number of ether oxygens (including phenoxy) is 1. The average molecular weight is 231 g/mol. The topological polar surface area (TPSA) is 133 Å². The molecule has 0 aliphatic rings. The van der Waals surface area contributed by atoms with E-state index in [1.165, 1.54) is 0 Å². The second-order valence-corrected chi connectivity index (χ2v) is 1.98. The van der Waals surface area contributed by atoms with Crippen molar-refractivity contribution >= 4 is 16.5 Å². The van der Waals surface area contributed by atoms with Crippen molar-refractivity contribution in [2.75, 3.05) is 6.61 Å². The van der Waals surface area contributed by atoms with Gasteiger partial charge in [0.05, 0.1) is 6.61 Å². The van der Waals surface area contributed by atoms with E-state index in [9.17, 15) is 4.79 Å². The van der Waals surface area contributed by atoms with Gasteiger partial charge in [0.25, 0.3) is 0 Å². The zero-order valence-electron chi connectivity index (χ0n) is 7.64. The van der Waals surface area contributed by atoms with E-state index in [1.807, 2.05) is 0 Å². The molecule has 0 rings (SSSR count). The van der Waals surface area contributed by atoms with E-state index in [0.717, 1.165) is 0 Å². The van der Waals surface area contributed by atoms with Crippen LogP contribution in [0.5, 0.6) is 0 Å². The van der Waals surface area contributed by atoms with Gasteiger partial charge in [-0.05, 0) is 6.92 Å². The fourth-order valence-electron chi connectivity index (χ4n) is 0.142. The third kappa shape index (κ3) is 95.1. The first-order chi connectivity index (χ1) is 4.77. The Kier molecular flexibility index (Phi) is 24.0. The van der Waals surface area contributed by atoms with Crippen LogP contribution in [0.2, 0.25) is 0 Å². The van der Waals surface area contributed by atoms with E-state index >= 15 is 0 Å². The van der Waals surface area contributed by atoms with Gasteiger partial charge in [-0.1, -0.05) is 0 Å². The van der Waals surface area contributed by atoms with Crippen LogP contribution in [0.25, 0.3) is 0 Å². The van der Waals surface area contributed by atoms with Crippen molar-refractivity contribution in [3.05, 3.63) is 0 Å². The maximum Gasteiger partial charge on any atom is 1.00 e. The Hall–Kier alpha value is 1.14. The Labute approximate surface area is 121 Å². The van der Waals surface area contributed by atoms with Gasteiger partial charge in [-0.2, -0.15) is 0 Å². The standard InChI is InChI=1S/C3H7NO2.2Na.H2O4S/c1-2-6-3(4)5;;;1-5(2,3)4/h2H2,1H3,(H2,4,5);;;(H2,1,2,3,4)/q;2*+1;/p-2. The number of hydrogen-bond donors (Lipinski definition) is 1. The van der Waals surface area contributed by atoms with Crippen LogP contribution >= 0.6 is 0 Å². The second kappa shape index (κ2) is 13.1. The van der Waals surface area contributed by atoms with E-state index < -0.39 is 16.5 Å². The minimum Gasteiger partial charge on any atom is -0.759 e. The minimum absolute atomic E-state index is 0. The molecule has 0 aliphatic heterocycles. The van der Waals surface area contributed by atoms with E-state index in [2.05, 4.69) is 10.5 Å². The van der Waals surface area contributed by atoms with Crippen molar-refractivity contribution in [3.8, 4) is 0 Å². The maximum atomic E-state index is 9.60. The summed E-state index contributed by atoms with van der Waals surface area (Å²) in [6, 6.07) is 0. The van der Waals surface area contributed by atoms with Crippen LogP contribution in [0.1, 0.15) is 6.92 Å². The van der Waals surface area contributed by atoms with Gasteiger partial charge < -0.3 is 19.6 Å². The molecular weight excluding hydrogens is 224 g/mol. The van der Waals surface area contributed by atoms with Crippen molar-refractivity contribution < 1.29 is 86.2 Å². The Bertz CT molecular complexity index is 196. The molecule has 2 N–H and O–H groups in total. The molecule has 0 saturated carbocycles. The van der Waals surface area contributed by atoms with Gasteiger partial charge in [0.2, 0.25) is 0 Å². The molecule has 0 aromatic heterocycles. The van der Waals surface area contributed by atoms with Crippen molar-refractivity contribution in [1.82, 2.24) is 0 Å². The average Bonchev–Trinajstić information content (AvgIpc) is 1.58. The van der Waals surface area contributed by atoms with Gasteiger partial charge in [0.1, 0.15) is 0 Å². The molecule has 7 nitrogen and oxygen atoms in total. The van der Waals surface area contributed by atoms with Crippen molar-refractivity contribution in [3.63, 3.8) is 0 Å². The Morgan fingerprint density at radius 2 is 1.62 bits per heavy atom. The minimum atomic E-state index is -5.17. The summed E-state index contributed by atoms with van der Waals surface area (Å²) in [5.41, 5.74) is 4.54. The van der Waals surface area contributed by atoms with Gasteiger partial charge in [-0.15, -0.1) is 0 Å².